The molecule has 1 atom stereocenters. The van der Waals surface area contributed by atoms with Crippen molar-refractivity contribution in [2.24, 2.45) is 5.73 Å². The molecular formula is C8H7Cl2F4N. The van der Waals surface area contributed by atoms with Gasteiger partial charge in [-0.15, -0.1) is 12.4 Å². The average Bonchev–Trinajstić information content (AvgIpc) is 1.99. The van der Waals surface area contributed by atoms with Crippen LogP contribution in [0.2, 0.25) is 5.02 Å². The Bertz CT molecular complexity index is 320. The van der Waals surface area contributed by atoms with Gasteiger partial charge in [0, 0.05) is 5.02 Å². The smallest absolute Gasteiger partial charge is 0.316 e. The third kappa shape index (κ3) is 3.85. The third-order valence-corrected chi connectivity index (χ3v) is 1.81. The van der Waals surface area contributed by atoms with Gasteiger partial charge < -0.3 is 5.73 Å². The van der Waals surface area contributed by atoms with Crippen molar-refractivity contribution in [2.45, 2.75) is 12.2 Å². The number of benzene rings is 1. The SMILES string of the molecule is Cl.N[C@@H](c1cc(F)cc(Cl)c1)C(F)(F)F. The first-order valence-corrected chi connectivity index (χ1v) is 3.97. The molecule has 15 heavy (non-hydrogen) atoms. The summed E-state index contributed by atoms with van der Waals surface area (Å²) in [5.41, 5.74) is 4.47. The lowest BCUT2D eigenvalue weighted by Crippen LogP contribution is -2.28. The van der Waals surface area contributed by atoms with Crippen LogP contribution in [0.5, 0.6) is 0 Å². The topological polar surface area (TPSA) is 26.0 Å². The second-order valence-electron chi connectivity index (χ2n) is 2.72. The number of halogens is 6. The van der Waals surface area contributed by atoms with Gasteiger partial charge in [-0.05, 0) is 23.8 Å². The molecule has 0 fully saturated rings. The van der Waals surface area contributed by atoms with E-state index in [4.69, 9.17) is 17.3 Å². The van der Waals surface area contributed by atoms with Gasteiger partial charge in [0.1, 0.15) is 11.9 Å². The minimum Gasteiger partial charge on any atom is -0.316 e. The Kier molecular flexibility index (Phi) is 4.83. The van der Waals surface area contributed by atoms with Crippen molar-refractivity contribution in [3.63, 3.8) is 0 Å². The molecule has 0 aliphatic carbocycles. The van der Waals surface area contributed by atoms with E-state index in [1.165, 1.54) is 0 Å². The van der Waals surface area contributed by atoms with Crippen LogP contribution in [0.3, 0.4) is 0 Å². The van der Waals surface area contributed by atoms with Crippen LogP contribution < -0.4 is 5.73 Å². The molecular weight excluding hydrogens is 257 g/mol. The lowest BCUT2D eigenvalue weighted by molar-refractivity contribution is -0.149. The van der Waals surface area contributed by atoms with Crippen LogP contribution in [0.4, 0.5) is 17.6 Å². The zero-order valence-electron chi connectivity index (χ0n) is 7.18. The molecule has 0 aromatic heterocycles. The summed E-state index contributed by atoms with van der Waals surface area (Å²) < 4.78 is 49.0. The molecule has 1 rings (SSSR count). The number of hydrogen-bond acceptors (Lipinski definition) is 1. The van der Waals surface area contributed by atoms with Crippen LogP contribution in [-0.4, -0.2) is 6.18 Å². The Hall–Kier alpha value is -0.520. The Morgan fingerprint density at radius 2 is 1.73 bits per heavy atom. The summed E-state index contributed by atoms with van der Waals surface area (Å²) in [4.78, 5) is 0. The fraction of sp³-hybridized carbons (Fsp3) is 0.250. The Morgan fingerprint density at radius 3 is 2.13 bits per heavy atom. The zero-order chi connectivity index (χ0) is 10.9. The van der Waals surface area contributed by atoms with E-state index in [0.717, 1.165) is 12.1 Å². The van der Waals surface area contributed by atoms with Crippen LogP contribution in [-0.2, 0) is 0 Å². The third-order valence-electron chi connectivity index (χ3n) is 1.60. The average molecular weight is 264 g/mol. The van der Waals surface area contributed by atoms with Crippen LogP contribution in [0.25, 0.3) is 0 Å². The minimum absolute atomic E-state index is 0. The molecule has 1 nitrogen and oxygen atoms in total. The summed E-state index contributed by atoms with van der Waals surface area (Å²) in [5.74, 6) is -0.841. The van der Waals surface area contributed by atoms with Gasteiger partial charge in [-0.3, -0.25) is 0 Å². The van der Waals surface area contributed by atoms with E-state index >= 15 is 0 Å². The zero-order valence-corrected chi connectivity index (χ0v) is 8.76. The van der Waals surface area contributed by atoms with E-state index < -0.39 is 18.0 Å². The van der Waals surface area contributed by atoms with E-state index in [-0.39, 0.29) is 23.0 Å². The van der Waals surface area contributed by atoms with Crippen molar-refractivity contribution in [2.75, 3.05) is 0 Å². The van der Waals surface area contributed by atoms with Crippen molar-refractivity contribution >= 4 is 24.0 Å². The van der Waals surface area contributed by atoms with Crippen molar-refractivity contribution in [1.29, 1.82) is 0 Å². The summed E-state index contributed by atoms with van der Waals surface area (Å²) >= 11 is 5.38. The maximum atomic E-state index is 12.7. The molecule has 7 heteroatoms. The van der Waals surface area contributed by atoms with Gasteiger partial charge in [0.25, 0.3) is 0 Å². The van der Waals surface area contributed by atoms with Gasteiger partial charge in [-0.2, -0.15) is 13.2 Å². The van der Waals surface area contributed by atoms with Crippen LogP contribution in [0.1, 0.15) is 11.6 Å². The number of nitrogens with two attached hydrogens (primary N) is 1. The van der Waals surface area contributed by atoms with Crippen molar-refractivity contribution in [3.05, 3.63) is 34.6 Å². The van der Waals surface area contributed by atoms with Crippen molar-refractivity contribution in [1.82, 2.24) is 0 Å². The maximum absolute atomic E-state index is 12.7. The predicted octanol–water partition coefficient (Wildman–Crippen LogP) is 3.46. The first-order valence-electron chi connectivity index (χ1n) is 3.59. The van der Waals surface area contributed by atoms with Crippen molar-refractivity contribution < 1.29 is 17.6 Å². The highest BCUT2D eigenvalue weighted by Gasteiger charge is 2.38. The largest absolute Gasteiger partial charge is 0.407 e. The molecule has 0 saturated carbocycles. The first kappa shape index (κ1) is 14.5. The Morgan fingerprint density at radius 1 is 1.20 bits per heavy atom. The van der Waals surface area contributed by atoms with Crippen LogP contribution in [0, 0.1) is 5.82 Å². The molecule has 86 valence electrons. The molecule has 0 bridgehead atoms. The van der Waals surface area contributed by atoms with E-state index in [2.05, 4.69) is 0 Å². The molecule has 0 spiro atoms. The lowest BCUT2D eigenvalue weighted by Gasteiger charge is -2.15. The molecule has 0 radical (unpaired) electrons. The monoisotopic (exact) mass is 263 g/mol. The number of rotatable bonds is 1. The van der Waals surface area contributed by atoms with Gasteiger partial charge in [-0.25, -0.2) is 4.39 Å². The van der Waals surface area contributed by atoms with Gasteiger partial charge in [-0.1, -0.05) is 11.6 Å². The number of hydrogen-bond donors (Lipinski definition) is 1. The van der Waals surface area contributed by atoms with Gasteiger partial charge in [0.15, 0.2) is 0 Å². The summed E-state index contributed by atoms with van der Waals surface area (Å²) in [6.45, 7) is 0. The van der Waals surface area contributed by atoms with Crippen LogP contribution in [0.15, 0.2) is 18.2 Å². The van der Waals surface area contributed by atoms with E-state index in [0.29, 0.717) is 6.07 Å². The Balaban J connectivity index is 0.00000196. The maximum Gasteiger partial charge on any atom is 0.407 e. The second kappa shape index (κ2) is 5.01. The highest BCUT2D eigenvalue weighted by Crippen LogP contribution is 2.31. The molecule has 0 saturated heterocycles. The molecule has 0 unspecified atom stereocenters. The molecule has 1 aromatic rings. The highest BCUT2D eigenvalue weighted by atomic mass is 35.5. The van der Waals surface area contributed by atoms with Crippen molar-refractivity contribution in [3.8, 4) is 0 Å². The quantitative estimate of drug-likeness (QED) is 0.772. The van der Waals surface area contributed by atoms with Gasteiger partial charge in [0.05, 0.1) is 0 Å². The van der Waals surface area contributed by atoms with E-state index in [1.807, 2.05) is 0 Å². The highest BCUT2D eigenvalue weighted by molar-refractivity contribution is 6.30. The summed E-state index contributed by atoms with van der Waals surface area (Å²) in [7, 11) is 0. The fourth-order valence-corrected chi connectivity index (χ4v) is 1.17. The van der Waals surface area contributed by atoms with Gasteiger partial charge in [0.2, 0.25) is 0 Å². The molecule has 2 N–H and O–H groups in total. The second-order valence-corrected chi connectivity index (χ2v) is 3.16. The molecule has 0 aliphatic rings. The normalized spacial score (nSPS) is 13.2. The molecule has 0 amide bonds. The summed E-state index contributed by atoms with van der Waals surface area (Å²) in [5, 5.41) is -0.111. The summed E-state index contributed by atoms with van der Waals surface area (Å²) in [6.07, 6.45) is -4.60. The van der Waals surface area contributed by atoms with Crippen LogP contribution >= 0.6 is 24.0 Å². The standard InChI is InChI=1S/C8H6ClF4N.ClH/c9-5-1-4(2-6(10)3-5)7(14)8(11,12)13;/h1-3,7H,14H2;1H/t7-;/m0./s1. The molecule has 0 heterocycles. The molecule has 1 aromatic carbocycles. The molecule has 0 aliphatic heterocycles. The summed E-state index contributed by atoms with van der Waals surface area (Å²) in [6, 6.07) is 0.400. The minimum atomic E-state index is -4.60. The Labute approximate surface area is 94.6 Å². The predicted molar refractivity (Wildman–Crippen MR) is 51.6 cm³/mol. The lowest BCUT2D eigenvalue weighted by atomic mass is 10.1. The number of alkyl halides is 3. The van der Waals surface area contributed by atoms with E-state index in [9.17, 15) is 17.6 Å². The van der Waals surface area contributed by atoms with Gasteiger partial charge >= 0.3 is 6.18 Å². The first-order chi connectivity index (χ1) is 6.30. The van der Waals surface area contributed by atoms with E-state index in [1.54, 1.807) is 0 Å². The fourth-order valence-electron chi connectivity index (χ4n) is 0.944.